The second kappa shape index (κ2) is 9.22. The van der Waals surface area contributed by atoms with Crippen molar-refractivity contribution in [3.63, 3.8) is 0 Å². The van der Waals surface area contributed by atoms with Gasteiger partial charge in [0.25, 0.3) is 0 Å². The van der Waals surface area contributed by atoms with Crippen LogP contribution in [0, 0.1) is 39.9 Å². The van der Waals surface area contributed by atoms with E-state index in [-0.39, 0.29) is 16.7 Å². The van der Waals surface area contributed by atoms with Crippen LogP contribution in [0.1, 0.15) is 65.9 Å². The molecule has 0 saturated carbocycles. The lowest BCUT2D eigenvalue weighted by Crippen LogP contribution is -2.42. The standard InChI is InChI=1S/C31H40N4/c1-20(2)26-22(12-10-18-35(19-32)25-14-8-7-11-21(25)3)29(34)27-23(28(26)33)15-17-31(6)24(27)13-9-16-30(31,4)5/h7-8,11,13-15,17,19-20,32-34H,9-10,12,16,18H2,1-6H3. The third kappa shape index (κ3) is 4.07. The van der Waals surface area contributed by atoms with Gasteiger partial charge in [-0.05, 0) is 72.3 Å². The Balaban J connectivity index is 1.65. The highest BCUT2D eigenvalue weighted by Crippen LogP contribution is 2.57. The Labute approximate surface area is 211 Å². The van der Waals surface area contributed by atoms with Crippen molar-refractivity contribution < 1.29 is 0 Å². The molecule has 1 aromatic carbocycles. The van der Waals surface area contributed by atoms with Crippen LogP contribution in [0.2, 0.25) is 0 Å². The maximum Gasteiger partial charge on any atom is 0.0861 e. The van der Waals surface area contributed by atoms with Crippen LogP contribution in [0.15, 0.2) is 70.4 Å². The molecule has 4 nitrogen and oxygen atoms in total. The van der Waals surface area contributed by atoms with Crippen LogP contribution in [0.25, 0.3) is 0 Å². The van der Waals surface area contributed by atoms with Gasteiger partial charge in [-0.2, -0.15) is 0 Å². The summed E-state index contributed by atoms with van der Waals surface area (Å²) in [7, 11) is 0. The molecule has 1 atom stereocenters. The molecule has 0 spiro atoms. The first-order valence-corrected chi connectivity index (χ1v) is 12.9. The fraction of sp³-hybridized carbons (Fsp3) is 0.452. The highest BCUT2D eigenvalue weighted by molar-refractivity contribution is 6.30. The van der Waals surface area contributed by atoms with Crippen molar-refractivity contribution in [1.82, 2.24) is 0 Å². The lowest BCUT2D eigenvalue weighted by Gasteiger charge is -2.50. The van der Waals surface area contributed by atoms with Gasteiger partial charge in [0.2, 0.25) is 0 Å². The zero-order valence-corrected chi connectivity index (χ0v) is 22.2. The molecule has 0 bridgehead atoms. The molecular formula is C31H40N4. The minimum absolute atomic E-state index is 0.106. The van der Waals surface area contributed by atoms with Crippen molar-refractivity contribution in [2.24, 2.45) is 16.7 Å². The van der Waals surface area contributed by atoms with Gasteiger partial charge >= 0.3 is 0 Å². The van der Waals surface area contributed by atoms with E-state index in [2.05, 4.69) is 71.9 Å². The van der Waals surface area contributed by atoms with E-state index in [9.17, 15) is 10.8 Å². The summed E-state index contributed by atoms with van der Waals surface area (Å²) in [4.78, 5) is 1.99. The fourth-order valence-corrected chi connectivity index (χ4v) is 6.09. The quantitative estimate of drug-likeness (QED) is 0.213. The smallest absolute Gasteiger partial charge is 0.0861 e. The number of nitrogens with one attached hydrogen (secondary N) is 3. The topological polar surface area (TPSA) is 74.8 Å². The van der Waals surface area contributed by atoms with Gasteiger partial charge in [-0.15, -0.1) is 0 Å². The molecular weight excluding hydrogens is 428 g/mol. The number of benzene rings is 1. The van der Waals surface area contributed by atoms with Crippen LogP contribution < -0.4 is 4.90 Å². The molecule has 1 unspecified atom stereocenters. The van der Waals surface area contributed by atoms with Crippen LogP contribution in [-0.4, -0.2) is 24.3 Å². The van der Waals surface area contributed by atoms with E-state index in [0.29, 0.717) is 18.0 Å². The summed E-state index contributed by atoms with van der Waals surface area (Å²) < 4.78 is 0. The predicted molar refractivity (Wildman–Crippen MR) is 149 cm³/mol. The van der Waals surface area contributed by atoms with Crippen LogP contribution >= 0.6 is 0 Å². The van der Waals surface area contributed by atoms with Gasteiger partial charge in [0, 0.05) is 28.8 Å². The fourth-order valence-electron chi connectivity index (χ4n) is 6.09. The summed E-state index contributed by atoms with van der Waals surface area (Å²) in [5.41, 5.74) is 8.55. The molecule has 3 N–H and O–H groups in total. The largest absolute Gasteiger partial charge is 0.333 e. The summed E-state index contributed by atoms with van der Waals surface area (Å²) in [6.45, 7) is 14.0. The Morgan fingerprint density at radius 1 is 1.09 bits per heavy atom. The minimum atomic E-state index is -0.126. The van der Waals surface area contributed by atoms with E-state index in [1.807, 2.05) is 17.0 Å². The molecule has 3 aliphatic carbocycles. The lowest BCUT2D eigenvalue weighted by atomic mass is 9.53. The number of hydrogen-bond donors (Lipinski definition) is 3. The molecule has 0 saturated heterocycles. The van der Waals surface area contributed by atoms with Gasteiger partial charge in [-0.3, -0.25) is 16.2 Å². The molecule has 4 rings (SSSR count). The van der Waals surface area contributed by atoms with Gasteiger partial charge in [0.15, 0.2) is 0 Å². The molecule has 0 heterocycles. The maximum atomic E-state index is 9.41. The number of anilines is 1. The van der Waals surface area contributed by atoms with E-state index in [1.54, 1.807) is 0 Å². The summed E-state index contributed by atoms with van der Waals surface area (Å²) in [6.07, 6.45) is 11.9. The van der Waals surface area contributed by atoms with Crippen molar-refractivity contribution in [1.29, 1.82) is 16.2 Å². The molecule has 0 amide bonds. The van der Waals surface area contributed by atoms with Gasteiger partial charge in [0.05, 0.1) is 17.8 Å². The van der Waals surface area contributed by atoms with Gasteiger partial charge in [-0.1, -0.05) is 71.0 Å². The Morgan fingerprint density at radius 2 is 1.80 bits per heavy atom. The summed E-state index contributed by atoms with van der Waals surface area (Å²) in [5.74, 6) is 0.181. The second-order valence-electron chi connectivity index (χ2n) is 11.4. The normalized spacial score (nSPS) is 23.3. The average Bonchev–Trinajstić information content (AvgIpc) is 2.80. The molecule has 0 fully saturated rings. The monoisotopic (exact) mass is 468 g/mol. The summed E-state index contributed by atoms with van der Waals surface area (Å²) in [6, 6.07) is 8.16. The van der Waals surface area contributed by atoms with Crippen LogP contribution in [-0.2, 0) is 0 Å². The number of rotatable bonds is 7. The second-order valence-corrected chi connectivity index (χ2v) is 11.4. The number of fused-ring (bicyclic) bond motifs is 2. The third-order valence-electron chi connectivity index (χ3n) is 8.60. The minimum Gasteiger partial charge on any atom is -0.333 e. The number of para-hydroxylation sites is 1. The molecule has 0 radical (unpaired) electrons. The number of allylic oxidation sites excluding steroid dienone is 8. The molecule has 3 aliphatic rings. The Bertz CT molecular complexity index is 1200. The Morgan fingerprint density at radius 3 is 2.46 bits per heavy atom. The molecule has 0 aliphatic heterocycles. The SMILES string of the molecule is Cc1ccccc1N(C=N)CCCC1=C(C(C)C)C(=N)C2=C(C1=N)C1=CCCC(C)(C)C1(C)C=C2. The van der Waals surface area contributed by atoms with E-state index in [1.165, 1.54) is 11.9 Å². The maximum absolute atomic E-state index is 9.41. The van der Waals surface area contributed by atoms with E-state index in [0.717, 1.165) is 59.2 Å². The number of aryl methyl sites for hydroxylation is 1. The van der Waals surface area contributed by atoms with Gasteiger partial charge < -0.3 is 4.90 Å². The average molecular weight is 469 g/mol. The lowest BCUT2D eigenvalue weighted by molar-refractivity contribution is 0.159. The third-order valence-corrected chi connectivity index (χ3v) is 8.60. The van der Waals surface area contributed by atoms with E-state index in [4.69, 9.17) is 5.41 Å². The zero-order chi connectivity index (χ0) is 25.5. The van der Waals surface area contributed by atoms with Gasteiger partial charge in [0.1, 0.15) is 0 Å². The van der Waals surface area contributed by atoms with Crippen molar-refractivity contribution in [2.75, 3.05) is 11.4 Å². The molecule has 4 heteroatoms. The van der Waals surface area contributed by atoms with Crippen molar-refractivity contribution >= 4 is 23.4 Å². The number of hydrogen-bond acceptors (Lipinski definition) is 3. The van der Waals surface area contributed by atoms with E-state index >= 15 is 0 Å². The van der Waals surface area contributed by atoms with Crippen LogP contribution in [0.5, 0.6) is 0 Å². The first-order valence-electron chi connectivity index (χ1n) is 12.9. The summed E-state index contributed by atoms with van der Waals surface area (Å²) in [5, 5.41) is 26.5. The molecule has 0 aromatic heterocycles. The number of nitrogens with zero attached hydrogens (tertiary/aromatic N) is 1. The van der Waals surface area contributed by atoms with Crippen LogP contribution in [0.3, 0.4) is 0 Å². The molecule has 184 valence electrons. The zero-order valence-electron chi connectivity index (χ0n) is 22.2. The molecule has 35 heavy (non-hydrogen) atoms. The summed E-state index contributed by atoms with van der Waals surface area (Å²) >= 11 is 0. The van der Waals surface area contributed by atoms with Gasteiger partial charge in [-0.25, -0.2) is 0 Å². The molecule has 1 aromatic rings. The van der Waals surface area contributed by atoms with Crippen molar-refractivity contribution in [3.8, 4) is 0 Å². The predicted octanol–water partition coefficient (Wildman–Crippen LogP) is 7.81. The first-order chi connectivity index (χ1) is 16.5. The Hall–Kier alpha value is -3.01. The highest BCUT2D eigenvalue weighted by atomic mass is 15.1. The first kappa shape index (κ1) is 25.1. The van der Waals surface area contributed by atoms with Crippen molar-refractivity contribution in [3.05, 3.63) is 75.9 Å². The Kier molecular flexibility index (Phi) is 6.61. The van der Waals surface area contributed by atoms with Crippen LogP contribution in [0.4, 0.5) is 5.69 Å². The van der Waals surface area contributed by atoms with Crippen molar-refractivity contribution in [2.45, 2.75) is 67.2 Å². The highest BCUT2D eigenvalue weighted by Gasteiger charge is 2.48. The van der Waals surface area contributed by atoms with E-state index < -0.39 is 0 Å².